The minimum absolute atomic E-state index is 0.104. The van der Waals surface area contributed by atoms with Crippen LogP contribution in [-0.2, 0) is 20.7 Å². The molecule has 3 unspecified atom stereocenters. The van der Waals surface area contributed by atoms with E-state index in [4.69, 9.17) is 4.74 Å². The highest BCUT2D eigenvalue weighted by Crippen LogP contribution is 2.35. The Morgan fingerprint density at radius 1 is 1.09 bits per heavy atom. The zero-order valence-electron chi connectivity index (χ0n) is 19.5. The smallest absolute Gasteiger partial charge is 0.316 e. The first kappa shape index (κ1) is 26.2. The Balaban J connectivity index is 2.31. The van der Waals surface area contributed by atoms with E-state index in [2.05, 4.69) is 0 Å². The molecule has 1 N–H and O–H groups in total. The van der Waals surface area contributed by atoms with Crippen molar-refractivity contribution in [2.45, 2.75) is 63.9 Å². The van der Waals surface area contributed by atoms with Crippen LogP contribution in [0.3, 0.4) is 0 Å². The van der Waals surface area contributed by atoms with Crippen molar-refractivity contribution in [2.24, 2.45) is 5.92 Å². The molecule has 0 aliphatic rings. The van der Waals surface area contributed by atoms with Gasteiger partial charge in [0.2, 0.25) is 0 Å². The average molecular weight is 456 g/mol. The van der Waals surface area contributed by atoms with Crippen LogP contribution in [-0.4, -0.2) is 34.5 Å². The second-order valence-corrected chi connectivity index (χ2v) is 8.47. The molecule has 0 saturated heterocycles. The van der Waals surface area contributed by atoms with Crippen molar-refractivity contribution in [2.75, 3.05) is 7.11 Å². The van der Waals surface area contributed by atoms with E-state index >= 15 is 0 Å². The van der Waals surface area contributed by atoms with Crippen LogP contribution in [0, 0.1) is 16.0 Å². The Bertz CT molecular complexity index is 945. The summed E-state index contributed by atoms with van der Waals surface area (Å²) < 4.78 is 4.94. The Labute approximate surface area is 194 Å². The lowest BCUT2D eigenvalue weighted by molar-refractivity contribution is -0.384. The summed E-state index contributed by atoms with van der Waals surface area (Å²) in [5.41, 5.74) is 0.229. The van der Waals surface area contributed by atoms with Crippen molar-refractivity contribution in [3.8, 4) is 0 Å². The number of methoxy groups -OCH3 is 1. The zero-order valence-corrected chi connectivity index (χ0v) is 19.5. The number of ether oxygens (including phenoxy) is 1. The molecule has 33 heavy (non-hydrogen) atoms. The van der Waals surface area contributed by atoms with Crippen molar-refractivity contribution in [1.82, 2.24) is 0 Å². The van der Waals surface area contributed by atoms with E-state index in [0.717, 1.165) is 5.56 Å². The Morgan fingerprint density at radius 2 is 1.79 bits per heavy atom. The summed E-state index contributed by atoms with van der Waals surface area (Å²) >= 11 is 0. The summed E-state index contributed by atoms with van der Waals surface area (Å²) in [6, 6.07) is 15.7. The number of aryl methyl sites for hydroxylation is 1. The van der Waals surface area contributed by atoms with Crippen LogP contribution < -0.4 is 0 Å². The van der Waals surface area contributed by atoms with Gasteiger partial charge in [-0.2, -0.15) is 0 Å². The number of carbonyl (C=O) groups excluding carboxylic acids is 2. The summed E-state index contributed by atoms with van der Waals surface area (Å²) in [6.07, 6.45) is 2.33. The highest BCUT2D eigenvalue weighted by Gasteiger charge is 2.40. The molecule has 2 aromatic rings. The van der Waals surface area contributed by atoms with Gasteiger partial charge < -0.3 is 9.84 Å². The van der Waals surface area contributed by atoms with Crippen LogP contribution in [0.4, 0.5) is 5.69 Å². The first-order chi connectivity index (χ1) is 15.7. The molecule has 0 radical (unpaired) electrons. The molecule has 0 heterocycles. The molecule has 0 saturated carbocycles. The van der Waals surface area contributed by atoms with Crippen molar-refractivity contribution in [1.29, 1.82) is 0 Å². The van der Waals surface area contributed by atoms with Crippen LogP contribution >= 0.6 is 0 Å². The van der Waals surface area contributed by atoms with Gasteiger partial charge in [-0.3, -0.25) is 19.7 Å². The molecule has 0 spiro atoms. The highest BCUT2D eigenvalue weighted by atomic mass is 16.6. The Hall–Kier alpha value is -3.06. The highest BCUT2D eigenvalue weighted by molar-refractivity contribution is 6.00. The van der Waals surface area contributed by atoms with E-state index < -0.39 is 34.1 Å². The summed E-state index contributed by atoms with van der Waals surface area (Å²) in [5, 5.41) is 22.5. The minimum Gasteiger partial charge on any atom is -0.468 e. The monoisotopic (exact) mass is 455 g/mol. The van der Waals surface area contributed by atoms with Gasteiger partial charge in [-0.05, 0) is 36.8 Å². The molecular weight excluding hydrogens is 422 g/mol. The van der Waals surface area contributed by atoms with Gasteiger partial charge in [0.25, 0.3) is 5.69 Å². The third-order valence-corrected chi connectivity index (χ3v) is 6.09. The number of non-ortho nitro benzene ring substituents is 1. The second kappa shape index (κ2) is 12.3. The predicted molar refractivity (Wildman–Crippen MR) is 126 cm³/mol. The van der Waals surface area contributed by atoms with Gasteiger partial charge in [-0.25, -0.2) is 0 Å². The molecule has 7 nitrogen and oxygen atoms in total. The molecule has 0 aromatic heterocycles. The fourth-order valence-electron chi connectivity index (χ4n) is 4.40. The lowest BCUT2D eigenvalue weighted by atomic mass is 9.76. The predicted octanol–water partition coefficient (Wildman–Crippen LogP) is 5.00. The molecule has 0 fully saturated rings. The average Bonchev–Trinajstić information content (AvgIpc) is 2.81. The first-order valence-corrected chi connectivity index (χ1v) is 11.4. The molecule has 0 bridgehead atoms. The molecular formula is C26H33NO6. The number of hydrogen-bond acceptors (Lipinski definition) is 6. The van der Waals surface area contributed by atoms with E-state index in [1.807, 2.05) is 44.2 Å². The van der Waals surface area contributed by atoms with E-state index in [1.54, 1.807) is 12.1 Å². The van der Waals surface area contributed by atoms with Gasteiger partial charge in [0, 0.05) is 24.5 Å². The Morgan fingerprint density at radius 3 is 2.36 bits per heavy atom. The number of ketones is 1. The molecule has 178 valence electrons. The molecule has 0 amide bonds. The number of rotatable bonds is 13. The molecule has 2 aromatic carbocycles. The number of nitrogens with zero attached hydrogens (tertiary/aromatic N) is 1. The first-order valence-electron chi connectivity index (χ1n) is 11.4. The van der Waals surface area contributed by atoms with Gasteiger partial charge in [0.15, 0.2) is 5.78 Å². The quantitative estimate of drug-likeness (QED) is 0.197. The maximum Gasteiger partial charge on any atom is 0.316 e. The van der Waals surface area contributed by atoms with Gasteiger partial charge in [-0.1, -0.05) is 62.7 Å². The van der Waals surface area contributed by atoms with Gasteiger partial charge in [0.05, 0.1) is 17.6 Å². The second-order valence-electron chi connectivity index (χ2n) is 8.47. The zero-order chi connectivity index (χ0) is 24.4. The summed E-state index contributed by atoms with van der Waals surface area (Å²) in [5.74, 6) is -2.85. The number of aliphatic hydroxyl groups is 1. The fourth-order valence-corrected chi connectivity index (χ4v) is 4.40. The molecule has 2 rings (SSSR count). The summed E-state index contributed by atoms with van der Waals surface area (Å²) in [4.78, 5) is 36.9. The largest absolute Gasteiger partial charge is 0.468 e. The number of benzene rings is 2. The lowest BCUT2D eigenvalue weighted by Gasteiger charge is -2.31. The molecule has 0 aliphatic carbocycles. The molecule has 7 heteroatoms. The fraction of sp³-hybridized carbons (Fsp3) is 0.462. The number of esters is 1. The Kier molecular flexibility index (Phi) is 9.73. The molecule has 3 atom stereocenters. The number of Topliss-reactive ketones (excluding diaryl/α,β-unsaturated/α-hetero) is 1. The van der Waals surface area contributed by atoms with Crippen LogP contribution in [0.15, 0.2) is 54.6 Å². The number of carbonyl (C=O) groups is 2. The van der Waals surface area contributed by atoms with Crippen LogP contribution in [0.25, 0.3) is 0 Å². The number of nitro benzene ring substituents is 1. The van der Waals surface area contributed by atoms with Crippen molar-refractivity contribution >= 4 is 17.4 Å². The van der Waals surface area contributed by atoms with Crippen LogP contribution in [0.1, 0.15) is 63.0 Å². The van der Waals surface area contributed by atoms with Crippen molar-refractivity contribution in [3.63, 3.8) is 0 Å². The lowest BCUT2D eigenvalue weighted by Crippen LogP contribution is -2.39. The maximum atomic E-state index is 13.4. The SMILES string of the molecule is CCCC(O)(CCc1ccccc1)CC(=O)C(C(=O)OC)C(CC)c1cccc([N+](=O)[O-])c1. The third kappa shape index (κ3) is 7.22. The van der Waals surface area contributed by atoms with E-state index in [0.29, 0.717) is 37.7 Å². The normalized spacial score (nSPS) is 14.7. The van der Waals surface area contributed by atoms with Crippen LogP contribution in [0.2, 0.25) is 0 Å². The van der Waals surface area contributed by atoms with E-state index in [-0.39, 0.29) is 12.1 Å². The van der Waals surface area contributed by atoms with Crippen molar-refractivity contribution in [3.05, 3.63) is 75.8 Å². The van der Waals surface area contributed by atoms with Gasteiger partial charge >= 0.3 is 5.97 Å². The summed E-state index contributed by atoms with van der Waals surface area (Å²) in [6.45, 7) is 3.76. The number of nitro groups is 1. The molecule has 0 aliphatic heterocycles. The number of hydrogen-bond donors (Lipinski definition) is 1. The topological polar surface area (TPSA) is 107 Å². The van der Waals surface area contributed by atoms with Crippen molar-refractivity contribution < 1.29 is 24.4 Å². The van der Waals surface area contributed by atoms with Crippen LogP contribution in [0.5, 0.6) is 0 Å². The maximum absolute atomic E-state index is 13.4. The third-order valence-electron chi connectivity index (χ3n) is 6.09. The standard InChI is InChI=1S/C26H33NO6/c1-4-15-26(30,16-14-19-10-7-6-8-11-19)18-23(28)24(25(29)33-3)22(5-2)20-12-9-13-21(17-20)27(31)32/h6-13,17,22,24,30H,4-5,14-16,18H2,1-3H3. The van der Waals surface area contributed by atoms with Gasteiger partial charge in [0.1, 0.15) is 5.92 Å². The van der Waals surface area contributed by atoms with E-state index in [1.165, 1.54) is 19.2 Å². The minimum atomic E-state index is -1.26. The van der Waals surface area contributed by atoms with Gasteiger partial charge in [-0.15, -0.1) is 0 Å². The summed E-state index contributed by atoms with van der Waals surface area (Å²) in [7, 11) is 1.22. The van der Waals surface area contributed by atoms with E-state index in [9.17, 15) is 24.8 Å².